The molecule has 7 nitrogen and oxygen atoms in total. The van der Waals surface area contributed by atoms with Crippen LogP contribution in [0, 0.1) is 10.1 Å². The minimum atomic E-state index is -0.720. The molecule has 120 valence electrons. The molecule has 1 heterocycles. The van der Waals surface area contributed by atoms with Crippen molar-refractivity contribution in [3.63, 3.8) is 0 Å². The van der Waals surface area contributed by atoms with Gasteiger partial charge >= 0.3 is 5.69 Å². The number of carbonyl (C=O) groups is 2. The fourth-order valence-electron chi connectivity index (χ4n) is 2.22. The van der Waals surface area contributed by atoms with Crippen molar-refractivity contribution >= 4 is 40.4 Å². The van der Waals surface area contributed by atoms with Crippen molar-refractivity contribution in [3.8, 4) is 5.75 Å². The van der Waals surface area contributed by atoms with Gasteiger partial charge in [0.2, 0.25) is 5.75 Å². The SMILES string of the molecule is O=C1S/C(=C/c2cccc([N+](=O)[O-])c2O)C(=O)N1c1ccccc1. The smallest absolute Gasteiger partial charge is 0.311 e. The van der Waals surface area contributed by atoms with E-state index in [1.807, 2.05) is 0 Å². The first kappa shape index (κ1) is 15.8. The number of hydrogen-bond donors (Lipinski definition) is 1. The Kier molecular flexibility index (Phi) is 4.05. The van der Waals surface area contributed by atoms with E-state index >= 15 is 0 Å². The van der Waals surface area contributed by atoms with Gasteiger partial charge in [-0.25, -0.2) is 4.90 Å². The number of carbonyl (C=O) groups excluding carboxylic acids is 2. The summed E-state index contributed by atoms with van der Waals surface area (Å²) in [6.07, 6.45) is 1.27. The van der Waals surface area contributed by atoms with Gasteiger partial charge in [-0.05, 0) is 30.0 Å². The maximum atomic E-state index is 12.5. The molecular weight excluding hydrogens is 332 g/mol. The Morgan fingerprint density at radius 2 is 1.79 bits per heavy atom. The van der Waals surface area contributed by atoms with Gasteiger partial charge in [0.15, 0.2) is 0 Å². The van der Waals surface area contributed by atoms with Gasteiger partial charge < -0.3 is 5.11 Å². The van der Waals surface area contributed by atoms with Crippen molar-refractivity contribution in [2.75, 3.05) is 4.90 Å². The summed E-state index contributed by atoms with van der Waals surface area (Å²) in [7, 11) is 0. The summed E-state index contributed by atoms with van der Waals surface area (Å²) in [5.41, 5.74) is 0.0699. The molecule has 1 N–H and O–H groups in total. The molecule has 1 aliphatic heterocycles. The summed E-state index contributed by atoms with van der Waals surface area (Å²) in [4.78, 5) is 35.8. The number of aromatic hydroxyl groups is 1. The van der Waals surface area contributed by atoms with Crippen LogP contribution in [-0.2, 0) is 4.79 Å². The summed E-state index contributed by atoms with van der Waals surface area (Å²) < 4.78 is 0. The van der Waals surface area contributed by atoms with Crippen LogP contribution in [0.1, 0.15) is 5.56 Å². The molecule has 1 saturated heterocycles. The van der Waals surface area contributed by atoms with Crippen molar-refractivity contribution in [1.29, 1.82) is 0 Å². The lowest BCUT2D eigenvalue weighted by molar-refractivity contribution is -0.385. The Balaban J connectivity index is 1.99. The Morgan fingerprint density at radius 3 is 2.46 bits per heavy atom. The Labute approximate surface area is 140 Å². The number of nitrogens with zero attached hydrogens (tertiary/aromatic N) is 2. The van der Waals surface area contributed by atoms with E-state index in [-0.39, 0.29) is 10.5 Å². The van der Waals surface area contributed by atoms with Crippen molar-refractivity contribution in [3.05, 3.63) is 69.1 Å². The average molecular weight is 342 g/mol. The lowest BCUT2D eigenvalue weighted by Crippen LogP contribution is -2.27. The highest BCUT2D eigenvalue weighted by Crippen LogP contribution is 2.38. The molecule has 1 aliphatic rings. The topological polar surface area (TPSA) is 101 Å². The number of rotatable bonds is 3. The van der Waals surface area contributed by atoms with Gasteiger partial charge in [0, 0.05) is 11.6 Å². The molecule has 0 aliphatic carbocycles. The highest BCUT2D eigenvalue weighted by molar-refractivity contribution is 8.19. The van der Waals surface area contributed by atoms with Crippen LogP contribution in [0.5, 0.6) is 5.75 Å². The summed E-state index contributed by atoms with van der Waals surface area (Å²) >= 11 is 0.712. The van der Waals surface area contributed by atoms with Crippen LogP contribution >= 0.6 is 11.8 Å². The second-order valence-electron chi connectivity index (χ2n) is 4.82. The molecule has 2 amide bonds. The number of thioether (sulfide) groups is 1. The molecule has 0 atom stereocenters. The van der Waals surface area contributed by atoms with Crippen molar-refractivity contribution in [2.24, 2.45) is 0 Å². The van der Waals surface area contributed by atoms with Crippen LogP contribution in [0.4, 0.5) is 16.2 Å². The van der Waals surface area contributed by atoms with Crippen LogP contribution in [0.2, 0.25) is 0 Å². The normalized spacial score (nSPS) is 16.0. The zero-order valence-electron chi connectivity index (χ0n) is 12.1. The molecule has 0 saturated carbocycles. The molecular formula is C16H10N2O5S. The molecule has 2 aromatic carbocycles. The number of amides is 2. The summed E-state index contributed by atoms with van der Waals surface area (Å²) in [5.74, 6) is -1.09. The second kappa shape index (κ2) is 6.17. The van der Waals surface area contributed by atoms with Crippen LogP contribution in [-0.4, -0.2) is 21.2 Å². The number of nitro groups is 1. The third kappa shape index (κ3) is 2.74. The third-order valence-corrected chi connectivity index (χ3v) is 4.21. The number of para-hydroxylation sites is 2. The van der Waals surface area contributed by atoms with E-state index < -0.39 is 27.5 Å². The first-order valence-electron chi connectivity index (χ1n) is 6.78. The predicted octanol–water partition coefficient (Wildman–Crippen LogP) is 3.54. The lowest BCUT2D eigenvalue weighted by Gasteiger charge is -2.11. The highest BCUT2D eigenvalue weighted by Gasteiger charge is 2.36. The van der Waals surface area contributed by atoms with E-state index in [4.69, 9.17) is 0 Å². The van der Waals surface area contributed by atoms with E-state index in [1.165, 1.54) is 18.2 Å². The van der Waals surface area contributed by atoms with Crippen molar-refractivity contribution < 1.29 is 19.6 Å². The monoisotopic (exact) mass is 342 g/mol. The number of phenolic OH excluding ortho intramolecular Hbond substituents is 1. The number of nitro benzene ring substituents is 1. The van der Waals surface area contributed by atoms with Gasteiger partial charge in [-0.15, -0.1) is 0 Å². The van der Waals surface area contributed by atoms with Crippen LogP contribution in [0.25, 0.3) is 6.08 Å². The van der Waals surface area contributed by atoms with Gasteiger partial charge in [0.05, 0.1) is 15.5 Å². The van der Waals surface area contributed by atoms with Gasteiger partial charge in [-0.2, -0.15) is 0 Å². The van der Waals surface area contributed by atoms with Gasteiger partial charge in [0.25, 0.3) is 11.1 Å². The fraction of sp³-hybridized carbons (Fsp3) is 0. The number of anilines is 1. The summed E-state index contributed by atoms with van der Waals surface area (Å²) in [6, 6.07) is 12.4. The standard InChI is InChI=1S/C16H10N2O5S/c19-14-10(5-4-8-12(14)18(22)23)9-13-15(20)17(16(21)24-13)11-6-2-1-3-7-11/h1-9,19H/b13-9+. The zero-order valence-corrected chi connectivity index (χ0v) is 12.9. The fourth-order valence-corrected chi connectivity index (χ4v) is 3.05. The minimum Gasteiger partial charge on any atom is -0.502 e. The maximum Gasteiger partial charge on any atom is 0.311 e. The molecule has 0 spiro atoms. The van der Waals surface area contributed by atoms with Crippen LogP contribution in [0.15, 0.2) is 53.4 Å². The summed E-state index contributed by atoms with van der Waals surface area (Å²) in [6.45, 7) is 0. The Bertz CT molecular complexity index is 879. The Hall–Kier alpha value is -3.13. The molecule has 0 unspecified atom stereocenters. The van der Waals surface area contributed by atoms with Crippen molar-refractivity contribution in [1.82, 2.24) is 0 Å². The van der Waals surface area contributed by atoms with E-state index in [2.05, 4.69) is 0 Å². The lowest BCUT2D eigenvalue weighted by atomic mass is 10.1. The van der Waals surface area contributed by atoms with E-state index in [0.717, 1.165) is 11.0 Å². The van der Waals surface area contributed by atoms with Crippen LogP contribution in [0.3, 0.4) is 0 Å². The van der Waals surface area contributed by atoms with Gasteiger partial charge in [0.1, 0.15) is 0 Å². The first-order chi connectivity index (χ1) is 11.5. The van der Waals surface area contributed by atoms with Crippen molar-refractivity contribution in [2.45, 2.75) is 0 Å². The minimum absolute atomic E-state index is 0.0830. The number of phenols is 1. The molecule has 0 radical (unpaired) electrons. The average Bonchev–Trinajstić information content (AvgIpc) is 2.84. The molecule has 0 bridgehead atoms. The highest BCUT2D eigenvalue weighted by atomic mass is 32.2. The molecule has 24 heavy (non-hydrogen) atoms. The molecule has 2 aromatic rings. The predicted molar refractivity (Wildman–Crippen MR) is 89.7 cm³/mol. The number of imide groups is 1. The maximum absolute atomic E-state index is 12.5. The molecule has 0 aromatic heterocycles. The Morgan fingerprint density at radius 1 is 1.08 bits per heavy atom. The molecule has 8 heteroatoms. The molecule has 1 fully saturated rings. The van der Waals surface area contributed by atoms with E-state index in [0.29, 0.717) is 17.4 Å². The number of hydrogen-bond acceptors (Lipinski definition) is 6. The quantitative estimate of drug-likeness (QED) is 0.520. The van der Waals surface area contributed by atoms with Gasteiger partial charge in [-0.1, -0.05) is 30.3 Å². The summed E-state index contributed by atoms with van der Waals surface area (Å²) in [5, 5.41) is 20.3. The van der Waals surface area contributed by atoms with Gasteiger partial charge in [-0.3, -0.25) is 19.7 Å². The first-order valence-corrected chi connectivity index (χ1v) is 7.60. The zero-order chi connectivity index (χ0) is 17.3. The molecule has 3 rings (SSSR count). The van der Waals surface area contributed by atoms with E-state index in [9.17, 15) is 24.8 Å². The third-order valence-electron chi connectivity index (χ3n) is 3.34. The largest absolute Gasteiger partial charge is 0.502 e. The van der Waals surface area contributed by atoms with Crippen LogP contribution < -0.4 is 4.90 Å². The number of benzene rings is 2. The van der Waals surface area contributed by atoms with E-state index in [1.54, 1.807) is 30.3 Å². The second-order valence-corrected chi connectivity index (χ2v) is 5.82.